The molecule has 0 aliphatic carbocycles. The molecule has 1 heterocycles. The summed E-state index contributed by atoms with van der Waals surface area (Å²) in [7, 11) is -3.70. The van der Waals surface area contributed by atoms with E-state index in [2.05, 4.69) is 16.8 Å². The highest BCUT2D eigenvalue weighted by Gasteiger charge is 2.41. The van der Waals surface area contributed by atoms with Crippen LogP contribution in [0.4, 0.5) is 4.79 Å². The molecule has 9 heteroatoms. The van der Waals surface area contributed by atoms with E-state index in [4.69, 9.17) is 14.0 Å². The predicted octanol–water partition coefficient (Wildman–Crippen LogP) is 7.68. The van der Waals surface area contributed by atoms with Crippen LogP contribution in [-0.4, -0.2) is 37.0 Å². The third kappa shape index (κ3) is 9.06. The van der Waals surface area contributed by atoms with Crippen molar-refractivity contribution >= 4 is 30.8 Å². The molecule has 0 bridgehead atoms. The Kier molecular flexibility index (Phi) is 10.9. The number of benzene rings is 2. The van der Waals surface area contributed by atoms with Gasteiger partial charge in [0.15, 0.2) is 0 Å². The van der Waals surface area contributed by atoms with Crippen LogP contribution in [0.25, 0.3) is 11.1 Å². The summed E-state index contributed by atoms with van der Waals surface area (Å²) in [6.07, 6.45) is -0.511. The molecule has 1 aromatic heterocycles. The first-order chi connectivity index (χ1) is 18.5. The van der Waals surface area contributed by atoms with Gasteiger partial charge in [0.2, 0.25) is 7.37 Å². The van der Waals surface area contributed by atoms with Crippen LogP contribution in [0.1, 0.15) is 51.5 Å². The van der Waals surface area contributed by atoms with Gasteiger partial charge < -0.3 is 19.3 Å². The molecule has 3 rings (SSSR count). The fraction of sp³-hybridized carbons (Fsp3) is 0.400. The average Bonchev–Trinajstić information content (AvgIpc) is 3.42. The number of hydrogen-bond donors (Lipinski definition) is 1. The highest BCUT2D eigenvalue weighted by molar-refractivity contribution is 7.59. The van der Waals surface area contributed by atoms with Crippen molar-refractivity contribution in [3.05, 3.63) is 82.6 Å². The fourth-order valence-electron chi connectivity index (χ4n) is 4.25. The standard InChI is InChI=1S/C30H38NO6PS/c1-6-35-28(32)26(19-22-13-15-23(16-14-22)25-17-18-39-21-25)20-38(34,36-7-2)27(24-11-9-8-10-12-24)31-29(33)37-30(3,4)5/h8-18,21,26-27H,6-7,19-20H2,1-5H3,(H,31,33)/t26?,27?,38-/m1/s1. The number of ether oxygens (including phenoxy) is 2. The molecule has 0 saturated heterocycles. The highest BCUT2D eigenvalue weighted by Crippen LogP contribution is 2.60. The first-order valence-electron chi connectivity index (χ1n) is 13.1. The molecule has 1 amide bonds. The number of alkyl carbamates (subject to hydrolysis) is 1. The Hall–Kier alpha value is -2.93. The zero-order valence-corrected chi connectivity index (χ0v) is 24.9. The fourth-order valence-corrected chi connectivity index (χ4v) is 7.64. The summed E-state index contributed by atoms with van der Waals surface area (Å²) in [5, 5.41) is 6.89. The van der Waals surface area contributed by atoms with Crippen molar-refractivity contribution < 1.29 is 28.2 Å². The van der Waals surface area contributed by atoms with Gasteiger partial charge in [0, 0.05) is 6.16 Å². The summed E-state index contributed by atoms with van der Waals surface area (Å²) in [4.78, 5) is 26.0. The van der Waals surface area contributed by atoms with Crippen molar-refractivity contribution in [2.24, 2.45) is 5.92 Å². The maximum atomic E-state index is 14.6. The van der Waals surface area contributed by atoms with Gasteiger partial charge in [-0.1, -0.05) is 54.6 Å². The molecular weight excluding hydrogens is 533 g/mol. The van der Waals surface area contributed by atoms with Gasteiger partial charge in [-0.3, -0.25) is 9.36 Å². The summed E-state index contributed by atoms with van der Waals surface area (Å²) in [6, 6.07) is 19.0. The molecule has 0 aliphatic rings. The molecule has 39 heavy (non-hydrogen) atoms. The summed E-state index contributed by atoms with van der Waals surface area (Å²) < 4.78 is 31.4. The van der Waals surface area contributed by atoms with E-state index in [9.17, 15) is 14.2 Å². The first-order valence-corrected chi connectivity index (χ1v) is 15.9. The lowest BCUT2D eigenvalue weighted by molar-refractivity contribution is -0.147. The minimum absolute atomic E-state index is 0.110. The Bertz CT molecular complexity index is 1240. The first kappa shape index (κ1) is 30.6. The normalized spacial score (nSPS) is 14.6. The zero-order valence-electron chi connectivity index (χ0n) is 23.2. The maximum absolute atomic E-state index is 14.6. The van der Waals surface area contributed by atoms with Crippen LogP contribution >= 0.6 is 18.7 Å². The van der Waals surface area contributed by atoms with E-state index >= 15 is 0 Å². The van der Waals surface area contributed by atoms with Crippen LogP contribution < -0.4 is 5.32 Å². The lowest BCUT2D eigenvalue weighted by Gasteiger charge is -2.31. The number of esters is 1. The average molecular weight is 572 g/mol. The van der Waals surface area contributed by atoms with E-state index in [0.717, 1.165) is 16.7 Å². The SMILES string of the molecule is CCOC(=O)C(Cc1ccc(-c2ccsc2)cc1)C[P@@](=O)(OCC)C(NC(=O)OC(C)(C)C)c1ccccc1. The van der Waals surface area contributed by atoms with E-state index in [0.29, 0.717) is 12.0 Å². The number of thiophene rings is 1. The number of carbonyl (C=O) groups is 2. The Morgan fingerprint density at radius 3 is 2.21 bits per heavy atom. The van der Waals surface area contributed by atoms with E-state index < -0.39 is 36.7 Å². The summed E-state index contributed by atoms with van der Waals surface area (Å²) in [6.45, 7) is 9.09. The Balaban J connectivity index is 1.93. The van der Waals surface area contributed by atoms with Crippen LogP contribution in [0.15, 0.2) is 71.4 Å². The second kappa shape index (κ2) is 13.9. The van der Waals surface area contributed by atoms with Crippen LogP contribution in [0.5, 0.6) is 0 Å². The van der Waals surface area contributed by atoms with Gasteiger partial charge in [-0.25, -0.2) is 4.79 Å². The highest BCUT2D eigenvalue weighted by atomic mass is 32.1. The summed E-state index contributed by atoms with van der Waals surface area (Å²) >= 11 is 1.63. The number of nitrogens with one attached hydrogen (secondary N) is 1. The number of hydrogen-bond acceptors (Lipinski definition) is 7. The van der Waals surface area contributed by atoms with Crippen molar-refractivity contribution in [2.45, 2.75) is 52.4 Å². The van der Waals surface area contributed by atoms with Gasteiger partial charge in [-0.15, -0.1) is 0 Å². The molecule has 3 atom stereocenters. The van der Waals surface area contributed by atoms with E-state index in [1.807, 2.05) is 35.7 Å². The Morgan fingerprint density at radius 1 is 0.949 bits per heavy atom. The summed E-state index contributed by atoms with van der Waals surface area (Å²) in [5.41, 5.74) is 2.98. The summed E-state index contributed by atoms with van der Waals surface area (Å²) in [5.74, 6) is -2.21. The van der Waals surface area contributed by atoms with Crippen LogP contribution in [-0.2, 0) is 29.8 Å². The molecule has 2 aromatic carbocycles. The lowest BCUT2D eigenvalue weighted by atomic mass is 9.99. The van der Waals surface area contributed by atoms with Crippen molar-refractivity contribution in [3.8, 4) is 11.1 Å². The smallest absolute Gasteiger partial charge is 0.408 e. The molecule has 210 valence electrons. The molecule has 3 aromatic rings. The van der Waals surface area contributed by atoms with Gasteiger partial charge in [-0.2, -0.15) is 11.3 Å². The molecule has 2 unspecified atom stereocenters. The largest absolute Gasteiger partial charge is 0.466 e. The van der Waals surface area contributed by atoms with Crippen molar-refractivity contribution in [1.82, 2.24) is 5.32 Å². The minimum atomic E-state index is -3.70. The van der Waals surface area contributed by atoms with Crippen molar-refractivity contribution in [1.29, 1.82) is 0 Å². The van der Waals surface area contributed by atoms with E-state index in [1.54, 1.807) is 70.2 Å². The van der Waals surface area contributed by atoms with Gasteiger partial charge in [0.25, 0.3) is 0 Å². The van der Waals surface area contributed by atoms with Crippen molar-refractivity contribution in [3.63, 3.8) is 0 Å². The molecule has 7 nitrogen and oxygen atoms in total. The van der Waals surface area contributed by atoms with Crippen molar-refractivity contribution in [2.75, 3.05) is 19.4 Å². The monoisotopic (exact) mass is 571 g/mol. The maximum Gasteiger partial charge on any atom is 0.408 e. The molecule has 0 fully saturated rings. The topological polar surface area (TPSA) is 90.9 Å². The van der Waals surface area contributed by atoms with Gasteiger partial charge in [0.1, 0.15) is 11.4 Å². The van der Waals surface area contributed by atoms with Crippen LogP contribution in [0, 0.1) is 5.92 Å². The second-order valence-electron chi connectivity index (χ2n) is 10.1. The molecule has 0 spiro atoms. The zero-order chi connectivity index (χ0) is 28.5. The van der Waals surface area contributed by atoms with Crippen LogP contribution in [0.3, 0.4) is 0 Å². The molecule has 0 radical (unpaired) electrons. The van der Waals surface area contributed by atoms with E-state index in [1.165, 1.54) is 0 Å². The molecule has 0 aliphatic heterocycles. The van der Waals surface area contributed by atoms with Gasteiger partial charge in [0.05, 0.1) is 19.1 Å². The third-order valence-corrected chi connectivity index (χ3v) is 9.44. The third-order valence-electron chi connectivity index (χ3n) is 5.90. The van der Waals surface area contributed by atoms with E-state index in [-0.39, 0.29) is 19.4 Å². The predicted molar refractivity (Wildman–Crippen MR) is 156 cm³/mol. The Morgan fingerprint density at radius 2 is 1.64 bits per heavy atom. The minimum Gasteiger partial charge on any atom is -0.466 e. The molecule has 0 saturated carbocycles. The van der Waals surface area contributed by atoms with Gasteiger partial charge >= 0.3 is 12.1 Å². The van der Waals surface area contributed by atoms with Crippen LogP contribution in [0.2, 0.25) is 0 Å². The van der Waals surface area contributed by atoms with Gasteiger partial charge in [-0.05, 0) is 80.1 Å². The Labute approximate surface area is 235 Å². The molecular formula is C30H38NO6PS. The number of rotatable bonds is 12. The molecule has 1 N–H and O–H groups in total. The number of carbonyl (C=O) groups excluding carboxylic acids is 2. The second-order valence-corrected chi connectivity index (χ2v) is 13.5. The lowest BCUT2D eigenvalue weighted by Crippen LogP contribution is -2.36. The number of amides is 1. The quantitative estimate of drug-likeness (QED) is 0.177.